The number of anilines is 2. The molecule has 2 aliphatic carbocycles. The van der Waals surface area contributed by atoms with Gasteiger partial charge in [-0.15, -0.1) is 0 Å². The van der Waals surface area contributed by atoms with Crippen molar-refractivity contribution in [3.05, 3.63) is 95.6 Å². The minimum Gasteiger partial charge on any atom is -0.324 e. The van der Waals surface area contributed by atoms with Crippen LogP contribution in [0.2, 0.25) is 0 Å². The molecule has 4 nitrogen and oxygen atoms in total. The number of hydrogen-bond donors (Lipinski definition) is 2. The van der Waals surface area contributed by atoms with Crippen LogP contribution in [0, 0.1) is 18.8 Å². The summed E-state index contributed by atoms with van der Waals surface area (Å²) in [5.74, 6) is 0.561. The molecule has 0 heterocycles. The number of carbonyl (C=O) groups excluding carboxylic acids is 2. The third kappa shape index (κ3) is 4.24. The van der Waals surface area contributed by atoms with Gasteiger partial charge in [-0.25, -0.2) is 0 Å². The fourth-order valence-corrected chi connectivity index (χ4v) is 4.43. The van der Waals surface area contributed by atoms with Gasteiger partial charge in [0.1, 0.15) is 0 Å². The predicted octanol–water partition coefficient (Wildman–Crippen LogP) is 5.48. The Balaban J connectivity index is 1.25. The molecule has 31 heavy (non-hydrogen) atoms. The lowest BCUT2D eigenvalue weighted by atomic mass is 10.1. The van der Waals surface area contributed by atoms with Crippen molar-refractivity contribution in [2.45, 2.75) is 31.6 Å². The van der Waals surface area contributed by atoms with Crippen LogP contribution in [0.5, 0.6) is 0 Å². The first kappa shape index (κ1) is 19.6. The molecule has 0 unspecified atom stereocenters. The van der Waals surface area contributed by atoms with Crippen molar-refractivity contribution < 1.29 is 9.59 Å². The van der Waals surface area contributed by atoms with Crippen LogP contribution in [0.25, 0.3) is 0 Å². The molecule has 2 fully saturated rings. The Bertz CT molecular complexity index is 1110. The van der Waals surface area contributed by atoms with Gasteiger partial charge in [-0.3, -0.25) is 9.59 Å². The zero-order chi connectivity index (χ0) is 21.4. The maximum atomic E-state index is 12.9. The second kappa shape index (κ2) is 8.03. The molecule has 0 aliphatic heterocycles. The molecule has 2 saturated carbocycles. The predicted molar refractivity (Wildman–Crippen MR) is 123 cm³/mol. The summed E-state index contributed by atoms with van der Waals surface area (Å²) in [4.78, 5) is 25.7. The Kier molecular flexibility index (Phi) is 5.06. The average molecular weight is 411 g/mol. The molecule has 2 aliphatic rings. The summed E-state index contributed by atoms with van der Waals surface area (Å²) < 4.78 is 0. The second-order valence-electron chi connectivity index (χ2n) is 8.75. The van der Waals surface area contributed by atoms with Crippen LogP contribution in [0.1, 0.15) is 41.4 Å². The van der Waals surface area contributed by atoms with E-state index in [0.29, 0.717) is 11.4 Å². The van der Waals surface area contributed by atoms with E-state index in [0.717, 1.165) is 18.4 Å². The van der Waals surface area contributed by atoms with Crippen LogP contribution in [-0.2, 0) is 9.59 Å². The monoisotopic (exact) mass is 410 g/mol. The van der Waals surface area contributed by atoms with Crippen LogP contribution in [-0.4, -0.2) is 11.8 Å². The van der Waals surface area contributed by atoms with Gasteiger partial charge in [0.05, 0.1) is 11.4 Å². The fraction of sp³-hybridized carbons (Fsp3) is 0.259. The molecule has 5 rings (SSSR count). The number of hydrogen-bond acceptors (Lipinski definition) is 2. The van der Waals surface area contributed by atoms with Crippen LogP contribution < -0.4 is 10.6 Å². The zero-order valence-corrected chi connectivity index (χ0v) is 17.5. The Morgan fingerprint density at radius 2 is 1.16 bits per heavy atom. The highest BCUT2D eigenvalue weighted by atomic mass is 16.2. The largest absolute Gasteiger partial charge is 0.324 e. The molecule has 156 valence electrons. The Labute approximate surface area is 182 Å². The summed E-state index contributed by atoms with van der Waals surface area (Å²) >= 11 is 0. The number of nitrogens with one attached hydrogen (secondary N) is 2. The van der Waals surface area contributed by atoms with Gasteiger partial charge in [-0.1, -0.05) is 66.7 Å². The zero-order valence-electron chi connectivity index (χ0n) is 17.5. The molecule has 0 radical (unpaired) electrons. The second-order valence-corrected chi connectivity index (χ2v) is 8.75. The fourth-order valence-electron chi connectivity index (χ4n) is 4.43. The maximum Gasteiger partial charge on any atom is 0.228 e. The minimum atomic E-state index is -0.0163. The highest BCUT2D eigenvalue weighted by Gasteiger charge is 2.45. The van der Waals surface area contributed by atoms with Crippen LogP contribution in [0.3, 0.4) is 0 Å². The molecule has 3 aromatic carbocycles. The lowest BCUT2D eigenvalue weighted by molar-refractivity contribution is -0.118. The van der Waals surface area contributed by atoms with Crippen LogP contribution >= 0.6 is 0 Å². The number of benzene rings is 3. The number of amides is 2. The third-order valence-electron chi connectivity index (χ3n) is 6.40. The molecular weight excluding hydrogens is 384 g/mol. The molecule has 0 saturated heterocycles. The van der Waals surface area contributed by atoms with E-state index in [1.54, 1.807) is 0 Å². The van der Waals surface area contributed by atoms with Gasteiger partial charge in [-0.2, -0.15) is 0 Å². The standard InChI is InChI=1S/C27H26N2O2/c1-17-12-13-24(28-26(30)22-15-20(22)18-8-4-2-5-9-18)25(14-17)29-27(31)23-16-21(23)19-10-6-3-7-11-19/h2-14,20-23H,15-16H2,1H3,(H,28,30)(H,29,31)/t20-,21+,22-,23+/m1/s1. The number of aryl methyl sites for hydroxylation is 1. The van der Waals surface area contributed by atoms with Crippen molar-refractivity contribution in [2.24, 2.45) is 11.8 Å². The smallest absolute Gasteiger partial charge is 0.228 e. The van der Waals surface area contributed by atoms with Crippen molar-refractivity contribution >= 4 is 23.2 Å². The summed E-state index contributed by atoms with van der Waals surface area (Å²) in [6.07, 6.45) is 1.73. The van der Waals surface area contributed by atoms with Gasteiger partial charge < -0.3 is 10.6 Å². The average Bonchev–Trinajstić information content (AvgIpc) is 3.70. The molecule has 0 bridgehead atoms. The van der Waals surface area contributed by atoms with E-state index in [-0.39, 0.29) is 35.5 Å². The Morgan fingerprint density at radius 3 is 1.68 bits per heavy atom. The quantitative estimate of drug-likeness (QED) is 0.565. The minimum absolute atomic E-state index is 0.0155. The lowest BCUT2D eigenvalue weighted by Crippen LogP contribution is -2.19. The summed E-state index contributed by atoms with van der Waals surface area (Å²) in [6.45, 7) is 1.98. The Hall–Kier alpha value is -3.40. The van der Waals surface area contributed by atoms with E-state index in [9.17, 15) is 9.59 Å². The van der Waals surface area contributed by atoms with Crippen molar-refractivity contribution in [3.63, 3.8) is 0 Å². The van der Waals surface area contributed by atoms with E-state index < -0.39 is 0 Å². The first-order valence-electron chi connectivity index (χ1n) is 10.9. The first-order valence-corrected chi connectivity index (χ1v) is 10.9. The van der Waals surface area contributed by atoms with Crippen molar-refractivity contribution in [3.8, 4) is 0 Å². The van der Waals surface area contributed by atoms with Gasteiger partial charge in [0.25, 0.3) is 0 Å². The SMILES string of the molecule is Cc1ccc(NC(=O)[C@@H]2C[C@@H]2c2ccccc2)c(NC(=O)[C@H]2C[C@H]2c2ccccc2)c1. The molecular formula is C27H26N2O2. The van der Waals surface area contributed by atoms with Gasteiger partial charge in [-0.05, 0) is 60.4 Å². The first-order chi connectivity index (χ1) is 15.1. The molecule has 4 heteroatoms. The molecule has 3 aromatic rings. The summed E-state index contributed by atoms with van der Waals surface area (Å²) in [7, 11) is 0. The van der Waals surface area contributed by atoms with E-state index >= 15 is 0 Å². The maximum absolute atomic E-state index is 12.9. The van der Waals surface area contributed by atoms with Gasteiger partial charge in [0.2, 0.25) is 11.8 Å². The Morgan fingerprint density at radius 1 is 0.677 bits per heavy atom. The van der Waals surface area contributed by atoms with Gasteiger partial charge >= 0.3 is 0 Å². The molecule has 0 aromatic heterocycles. The van der Waals surface area contributed by atoms with E-state index in [1.807, 2.05) is 61.5 Å². The van der Waals surface area contributed by atoms with E-state index in [1.165, 1.54) is 11.1 Å². The lowest BCUT2D eigenvalue weighted by Gasteiger charge is -2.14. The summed E-state index contributed by atoms with van der Waals surface area (Å²) in [5.41, 5.74) is 4.80. The van der Waals surface area contributed by atoms with Crippen LogP contribution in [0.4, 0.5) is 11.4 Å². The summed E-state index contributed by atoms with van der Waals surface area (Å²) in [5, 5.41) is 6.12. The molecule has 4 atom stereocenters. The van der Waals surface area contributed by atoms with Crippen molar-refractivity contribution in [1.82, 2.24) is 0 Å². The molecule has 2 N–H and O–H groups in total. The van der Waals surface area contributed by atoms with Crippen molar-refractivity contribution in [1.29, 1.82) is 0 Å². The third-order valence-corrected chi connectivity index (χ3v) is 6.40. The number of rotatable bonds is 6. The van der Waals surface area contributed by atoms with Gasteiger partial charge in [0.15, 0.2) is 0 Å². The topological polar surface area (TPSA) is 58.2 Å². The van der Waals surface area contributed by atoms with E-state index in [4.69, 9.17) is 0 Å². The van der Waals surface area contributed by atoms with Gasteiger partial charge in [0, 0.05) is 11.8 Å². The highest BCUT2D eigenvalue weighted by molar-refractivity contribution is 6.02. The van der Waals surface area contributed by atoms with Crippen molar-refractivity contribution in [2.75, 3.05) is 10.6 Å². The molecule has 0 spiro atoms. The summed E-state index contributed by atoms with van der Waals surface area (Å²) in [6, 6.07) is 26.1. The molecule has 2 amide bonds. The van der Waals surface area contributed by atoms with Crippen LogP contribution in [0.15, 0.2) is 78.9 Å². The highest BCUT2D eigenvalue weighted by Crippen LogP contribution is 2.49. The van der Waals surface area contributed by atoms with E-state index in [2.05, 4.69) is 34.9 Å². The normalized spacial score (nSPS) is 23.6. The number of carbonyl (C=O) groups is 2.